The Labute approximate surface area is 91.6 Å². The van der Waals surface area contributed by atoms with Gasteiger partial charge in [-0.3, -0.25) is 0 Å². The van der Waals surface area contributed by atoms with Crippen molar-refractivity contribution in [2.75, 3.05) is 0 Å². The van der Waals surface area contributed by atoms with Crippen LogP contribution in [0.2, 0.25) is 0 Å². The molecule has 0 fully saturated rings. The first-order chi connectivity index (χ1) is 7.45. The van der Waals surface area contributed by atoms with Gasteiger partial charge in [0.2, 0.25) is 0 Å². The first kappa shape index (κ1) is 8.74. The molecule has 0 saturated carbocycles. The minimum absolute atomic E-state index is 1.03. The van der Waals surface area contributed by atoms with E-state index < -0.39 is 0 Å². The van der Waals surface area contributed by atoms with Crippen molar-refractivity contribution in [3.63, 3.8) is 0 Å². The van der Waals surface area contributed by atoms with E-state index in [9.17, 15) is 0 Å². The molecule has 0 atom stereocenters. The number of benzene rings is 2. The van der Waals surface area contributed by atoms with Crippen LogP contribution in [0.4, 0.5) is 0 Å². The lowest BCUT2D eigenvalue weighted by atomic mass is 10.2. The molecule has 0 N–H and O–H groups in total. The highest BCUT2D eigenvalue weighted by molar-refractivity contribution is 8.05. The Hall–Kier alpha value is -1.54. The first-order valence-electron chi connectivity index (χ1n) is 4.77. The van der Waals surface area contributed by atoms with Gasteiger partial charge in [0.25, 0.3) is 0 Å². The Bertz CT molecular complexity index is 642. The molecule has 0 aromatic heterocycles. The predicted octanol–water partition coefficient (Wildman–Crippen LogP) is 1.87. The quantitative estimate of drug-likeness (QED) is 0.605. The second-order valence-electron chi connectivity index (χ2n) is 3.35. The fourth-order valence-electron chi connectivity index (χ4n) is 1.71. The van der Waals surface area contributed by atoms with E-state index in [-0.39, 0.29) is 0 Å². The maximum absolute atomic E-state index is 4.41. The van der Waals surface area contributed by atoms with Crippen molar-refractivity contribution in [3.05, 3.63) is 69.5 Å². The molecule has 1 aliphatic heterocycles. The highest BCUT2D eigenvalue weighted by atomic mass is 32.2. The predicted molar refractivity (Wildman–Crippen MR) is 62.3 cm³/mol. The zero-order chi connectivity index (χ0) is 10.1. The van der Waals surface area contributed by atoms with E-state index in [1.165, 1.54) is 22.4 Å². The smallest absolute Gasteiger partial charge is 0.0795 e. The molecular weight excluding hydrogens is 202 g/mol. The van der Waals surface area contributed by atoms with Crippen LogP contribution in [0.1, 0.15) is 0 Å². The fourth-order valence-corrected chi connectivity index (χ4v) is 2.29. The molecule has 2 aromatic rings. The maximum atomic E-state index is 4.41. The number of hydrogen-bond acceptors (Lipinski definition) is 2. The lowest BCUT2D eigenvalue weighted by Gasteiger charge is -1.89. The fraction of sp³-hybridized carbons (Fsp3) is 0. The molecule has 1 radical (unpaired) electrons. The van der Waals surface area contributed by atoms with Gasteiger partial charge >= 0.3 is 0 Å². The summed E-state index contributed by atoms with van der Waals surface area (Å²) in [5, 5.41) is 7.77. The monoisotopic (exact) mass is 210 g/mol. The van der Waals surface area contributed by atoms with Gasteiger partial charge in [0.15, 0.2) is 0 Å². The van der Waals surface area contributed by atoms with E-state index >= 15 is 0 Å². The highest BCUT2D eigenvalue weighted by Crippen LogP contribution is 2.04. The summed E-state index contributed by atoms with van der Waals surface area (Å²) in [7, 11) is 0. The minimum Gasteiger partial charge on any atom is -0.211 e. The Morgan fingerprint density at radius 1 is 0.867 bits per heavy atom. The van der Waals surface area contributed by atoms with Crippen LogP contribution < -0.4 is 10.6 Å². The number of fused-ring (bicyclic) bond motifs is 2. The Morgan fingerprint density at radius 2 is 1.60 bits per heavy atom. The molecule has 0 aliphatic carbocycles. The van der Waals surface area contributed by atoms with E-state index in [1.807, 2.05) is 30.3 Å². The van der Waals surface area contributed by atoms with Gasteiger partial charge in [0, 0.05) is 17.2 Å². The van der Waals surface area contributed by atoms with E-state index in [4.69, 9.17) is 0 Å². The Morgan fingerprint density at radius 3 is 2.53 bits per heavy atom. The van der Waals surface area contributed by atoms with Crippen molar-refractivity contribution in [2.45, 2.75) is 0 Å². The van der Waals surface area contributed by atoms with Crippen molar-refractivity contribution in [3.8, 4) is 0 Å². The highest BCUT2D eigenvalue weighted by Gasteiger charge is 1.94. The van der Waals surface area contributed by atoms with E-state index in [0.717, 1.165) is 10.6 Å². The minimum atomic E-state index is 1.03. The van der Waals surface area contributed by atoms with Gasteiger partial charge in [0.05, 0.1) is 10.8 Å². The van der Waals surface area contributed by atoms with Crippen molar-refractivity contribution in [1.82, 2.24) is 0 Å². The third kappa shape index (κ3) is 1.47. The molecule has 0 amide bonds. The average Bonchev–Trinajstić information content (AvgIpc) is 2.48. The SMILES string of the molecule is [C]1=c2ccccc2=c2ccccc2=NS1. The molecule has 15 heavy (non-hydrogen) atoms. The summed E-state index contributed by atoms with van der Waals surface area (Å²) in [6.07, 6.45) is 0. The largest absolute Gasteiger partial charge is 0.211 e. The summed E-state index contributed by atoms with van der Waals surface area (Å²) in [5.41, 5.74) is 0. The summed E-state index contributed by atoms with van der Waals surface area (Å²) < 4.78 is 4.41. The molecule has 0 spiro atoms. The molecule has 1 heterocycles. The van der Waals surface area contributed by atoms with Crippen molar-refractivity contribution >= 4 is 17.4 Å². The number of nitrogens with zero attached hydrogens (tertiary/aromatic N) is 1. The van der Waals surface area contributed by atoms with Crippen LogP contribution in [0, 0.1) is 10.4 Å². The lowest BCUT2D eigenvalue weighted by Crippen LogP contribution is -2.06. The summed E-state index contributed by atoms with van der Waals surface area (Å²) in [6, 6.07) is 16.4. The average molecular weight is 210 g/mol. The molecular formula is C13H8NS. The molecule has 0 bridgehead atoms. The first-order valence-corrected chi connectivity index (χ1v) is 5.54. The van der Waals surface area contributed by atoms with Gasteiger partial charge in [-0.25, -0.2) is 4.40 Å². The van der Waals surface area contributed by atoms with Crippen LogP contribution in [0.3, 0.4) is 0 Å². The molecule has 2 heteroatoms. The van der Waals surface area contributed by atoms with Crippen LogP contribution in [0.15, 0.2) is 52.9 Å². The number of rotatable bonds is 0. The molecule has 71 valence electrons. The van der Waals surface area contributed by atoms with E-state index in [2.05, 4.69) is 28.0 Å². The van der Waals surface area contributed by atoms with Crippen molar-refractivity contribution in [1.29, 1.82) is 0 Å². The molecule has 3 rings (SSSR count). The second-order valence-corrected chi connectivity index (χ2v) is 3.92. The summed E-state index contributed by atoms with van der Waals surface area (Å²) in [5.74, 6) is 0. The van der Waals surface area contributed by atoms with Gasteiger partial charge in [-0.1, -0.05) is 42.5 Å². The van der Waals surface area contributed by atoms with Gasteiger partial charge in [-0.15, -0.1) is 0 Å². The topological polar surface area (TPSA) is 12.4 Å². The summed E-state index contributed by atoms with van der Waals surface area (Å²) >= 11 is 1.38. The summed E-state index contributed by atoms with van der Waals surface area (Å²) in [4.78, 5) is 0. The van der Waals surface area contributed by atoms with Gasteiger partial charge < -0.3 is 0 Å². The third-order valence-corrected chi connectivity index (χ3v) is 3.02. The van der Waals surface area contributed by atoms with Crippen LogP contribution in [-0.2, 0) is 0 Å². The Balaban J connectivity index is 2.73. The van der Waals surface area contributed by atoms with Crippen molar-refractivity contribution < 1.29 is 0 Å². The molecule has 0 unspecified atom stereocenters. The summed E-state index contributed by atoms with van der Waals surface area (Å²) in [6.45, 7) is 0. The van der Waals surface area contributed by atoms with Crippen LogP contribution in [0.5, 0.6) is 0 Å². The van der Waals surface area contributed by atoms with Gasteiger partial charge in [-0.2, -0.15) is 0 Å². The van der Waals surface area contributed by atoms with Crippen molar-refractivity contribution in [2.24, 2.45) is 4.40 Å². The zero-order valence-electron chi connectivity index (χ0n) is 7.97. The third-order valence-electron chi connectivity index (χ3n) is 2.42. The molecule has 1 nitrogen and oxygen atoms in total. The van der Waals surface area contributed by atoms with E-state index in [1.54, 1.807) is 0 Å². The Kier molecular flexibility index (Phi) is 2.07. The van der Waals surface area contributed by atoms with Crippen LogP contribution in [-0.4, -0.2) is 0 Å². The molecule has 0 saturated heterocycles. The second kappa shape index (κ2) is 3.55. The zero-order valence-corrected chi connectivity index (χ0v) is 8.79. The molecule has 1 aliphatic rings. The molecule has 2 aromatic carbocycles. The van der Waals surface area contributed by atoms with Gasteiger partial charge in [0.1, 0.15) is 0 Å². The lowest BCUT2D eigenvalue weighted by molar-refractivity contribution is 1.35. The van der Waals surface area contributed by atoms with Gasteiger partial charge in [-0.05, 0) is 16.5 Å². The van der Waals surface area contributed by atoms with Crippen LogP contribution >= 0.6 is 11.9 Å². The normalized spacial score (nSPS) is 12.8. The maximum Gasteiger partial charge on any atom is 0.0795 e. The standard InChI is InChI=1S/C13H8NS/c1-2-6-11-10(5-1)9-15-14-13-8-4-3-7-12(11)13/h1-8H. The van der Waals surface area contributed by atoms with E-state index in [0.29, 0.717) is 0 Å². The van der Waals surface area contributed by atoms with Crippen LogP contribution in [0.25, 0.3) is 5.41 Å². The number of hydrogen-bond donors (Lipinski definition) is 0.